The van der Waals surface area contributed by atoms with Gasteiger partial charge < -0.3 is 10.5 Å². The van der Waals surface area contributed by atoms with E-state index in [0.29, 0.717) is 5.56 Å². The standard InChI is InChI=1S/C10H13NO2/c1-13-10(12)9(11)7-8-5-3-2-4-6-8/h2-6,9H,7,11H2,1H3/t9-/m0/s1/i7D,9D/t7-,9-. The quantitative estimate of drug-likeness (QED) is 0.699. The van der Waals surface area contributed by atoms with E-state index >= 15 is 0 Å². The number of esters is 1. The molecule has 0 radical (unpaired) electrons. The van der Waals surface area contributed by atoms with Crippen LogP contribution in [0, 0.1) is 0 Å². The van der Waals surface area contributed by atoms with Gasteiger partial charge in [0, 0.05) is 1.37 Å². The van der Waals surface area contributed by atoms with Crippen LogP contribution in [0.25, 0.3) is 0 Å². The number of carbonyl (C=O) groups excluding carboxylic acids is 1. The zero-order valence-electron chi connectivity index (χ0n) is 9.36. The molecule has 0 saturated carbocycles. The summed E-state index contributed by atoms with van der Waals surface area (Å²) in [6, 6.07) is 6.47. The van der Waals surface area contributed by atoms with Gasteiger partial charge in [0.1, 0.15) is 6.02 Å². The molecular formula is C10H13NO2. The van der Waals surface area contributed by atoms with Crippen molar-refractivity contribution < 1.29 is 12.3 Å². The van der Waals surface area contributed by atoms with E-state index in [2.05, 4.69) is 4.74 Å². The summed E-state index contributed by atoms with van der Waals surface area (Å²) in [7, 11) is 1.15. The van der Waals surface area contributed by atoms with Crippen LogP contribution in [-0.4, -0.2) is 19.1 Å². The summed E-state index contributed by atoms with van der Waals surface area (Å²) in [5, 5.41) is 0. The largest absolute Gasteiger partial charge is 0.468 e. The summed E-state index contributed by atoms with van der Waals surface area (Å²) in [6.07, 6.45) is -1.16. The fraction of sp³-hybridized carbons (Fsp3) is 0.300. The highest BCUT2D eigenvalue weighted by atomic mass is 16.5. The van der Waals surface area contributed by atoms with Crippen LogP contribution in [0.15, 0.2) is 30.3 Å². The molecule has 0 bridgehead atoms. The second-order valence-electron chi connectivity index (χ2n) is 2.50. The highest BCUT2D eigenvalue weighted by Gasteiger charge is 2.13. The third-order valence-electron chi connectivity index (χ3n) is 1.54. The Balaban J connectivity index is 2.94. The molecule has 0 heterocycles. The van der Waals surface area contributed by atoms with Gasteiger partial charge in [-0.05, 0) is 12.0 Å². The molecule has 0 saturated heterocycles. The first kappa shape index (κ1) is 7.09. The lowest BCUT2D eigenvalue weighted by Gasteiger charge is -2.08. The minimum absolute atomic E-state index is 0.514. The van der Waals surface area contributed by atoms with E-state index in [1.54, 1.807) is 30.3 Å². The van der Waals surface area contributed by atoms with Crippen molar-refractivity contribution in [1.82, 2.24) is 0 Å². The number of benzene rings is 1. The van der Waals surface area contributed by atoms with Crippen LogP contribution < -0.4 is 5.73 Å². The number of methoxy groups -OCH3 is 1. The fourth-order valence-corrected chi connectivity index (χ4v) is 0.906. The number of hydrogen-bond acceptors (Lipinski definition) is 3. The summed E-state index contributed by atoms with van der Waals surface area (Å²) >= 11 is 0. The maximum Gasteiger partial charge on any atom is 0.322 e. The van der Waals surface area contributed by atoms with Crippen LogP contribution in [0.5, 0.6) is 0 Å². The van der Waals surface area contributed by atoms with Gasteiger partial charge in [0.2, 0.25) is 0 Å². The predicted molar refractivity (Wildman–Crippen MR) is 50.1 cm³/mol. The van der Waals surface area contributed by atoms with E-state index in [0.717, 1.165) is 7.11 Å². The monoisotopic (exact) mass is 181 g/mol. The van der Waals surface area contributed by atoms with Gasteiger partial charge in [-0.25, -0.2) is 0 Å². The van der Waals surface area contributed by atoms with Gasteiger partial charge in [0.15, 0.2) is 0 Å². The van der Waals surface area contributed by atoms with Crippen molar-refractivity contribution in [3.8, 4) is 0 Å². The molecule has 13 heavy (non-hydrogen) atoms. The molecule has 0 aliphatic heterocycles. The maximum absolute atomic E-state index is 11.2. The molecular weight excluding hydrogens is 166 g/mol. The third-order valence-corrected chi connectivity index (χ3v) is 1.54. The predicted octanol–water partition coefficient (Wildman–Crippen LogP) is 0.729. The Morgan fingerprint density at radius 1 is 1.69 bits per heavy atom. The average Bonchev–Trinajstić information content (AvgIpc) is 2.28. The van der Waals surface area contributed by atoms with Gasteiger partial charge in [-0.15, -0.1) is 0 Å². The van der Waals surface area contributed by atoms with Gasteiger partial charge in [-0.1, -0.05) is 30.3 Å². The zero-order valence-corrected chi connectivity index (χ0v) is 7.36. The van der Waals surface area contributed by atoms with Gasteiger partial charge in [0.25, 0.3) is 0 Å². The van der Waals surface area contributed by atoms with Crippen molar-refractivity contribution in [1.29, 1.82) is 0 Å². The number of hydrogen-bond donors (Lipinski definition) is 1. The van der Waals surface area contributed by atoms with Gasteiger partial charge in [-0.3, -0.25) is 4.79 Å². The number of carbonyl (C=O) groups is 1. The average molecular weight is 181 g/mol. The Hall–Kier alpha value is -1.35. The summed E-state index contributed by atoms with van der Waals surface area (Å²) in [5.74, 6) is -0.911. The SMILES string of the molecule is [2H][C@@H](c1ccccc1)[C@]([2H])(N)C(=O)OC. The molecule has 2 N–H and O–H groups in total. The van der Waals surface area contributed by atoms with Crippen LogP contribution >= 0.6 is 0 Å². The lowest BCUT2D eigenvalue weighted by Crippen LogP contribution is -2.33. The lowest BCUT2D eigenvalue weighted by atomic mass is 10.1. The van der Waals surface area contributed by atoms with E-state index < -0.39 is 18.4 Å². The molecule has 0 aliphatic carbocycles. The normalized spacial score (nSPS) is 19.2. The Labute approximate surface area is 80.3 Å². The van der Waals surface area contributed by atoms with Crippen molar-refractivity contribution in [2.75, 3.05) is 7.11 Å². The molecule has 1 aromatic rings. The van der Waals surface area contributed by atoms with Crippen molar-refractivity contribution in [2.24, 2.45) is 5.73 Å². The van der Waals surface area contributed by atoms with Gasteiger partial charge in [0.05, 0.1) is 8.48 Å². The number of nitrogens with two attached hydrogens (primary N) is 1. The zero-order chi connectivity index (χ0) is 11.5. The minimum atomic E-state index is -2.07. The Kier molecular flexibility index (Phi) is 2.52. The van der Waals surface area contributed by atoms with Gasteiger partial charge in [-0.2, -0.15) is 0 Å². The Morgan fingerprint density at radius 2 is 2.31 bits per heavy atom. The van der Waals surface area contributed by atoms with Crippen LogP contribution in [0.1, 0.15) is 8.30 Å². The molecule has 1 rings (SSSR count). The number of ether oxygens (including phenoxy) is 1. The molecule has 3 nitrogen and oxygen atoms in total. The van der Waals surface area contributed by atoms with Gasteiger partial charge >= 0.3 is 5.97 Å². The smallest absolute Gasteiger partial charge is 0.322 e. The van der Waals surface area contributed by atoms with E-state index in [9.17, 15) is 4.79 Å². The van der Waals surface area contributed by atoms with E-state index in [-0.39, 0.29) is 0 Å². The highest BCUT2D eigenvalue weighted by Crippen LogP contribution is 2.02. The van der Waals surface area contributed by atoms with Crippen molar-refractivity contribution in [3.63, 3.8) is 0 Å². The second-order valence-corrected chi connectivity index (χ2v) is 2.50. The van der Waals surface area contributed by atoms with Crippen LogP contribution in [-0.2, 0) is 15.9 Å². The van der Waals surface area contributed by atoms with Crippen LogP contribution in [0.2, 0.25) is 0 Å². The summed E-state index contributed by atoms with van der Waals surface area (Å²) in [4.78, 5) is 11.2. The summed E-state index contributed by atoms with van der Waals surface area (Å²) in [6.45, 7) is 0. The first-order valence-electron chi connectivity index (χ1n) is 4.92. The molecule has 0 spiro atoms. The lowest BCUT2D eigenvalue weighted by molar-refractivity contribution is -0.142. The first-order valence-corrected chi connectivity index (χ1v) is 3.84. The highest BCUT2D eigenvalue weighted by molar-refractivity contribution is 5.75. The van der Waals surface area contributed by atoms with Crippen LogP contribution in [0.3, 0.4) is 0 Å². The molecule has 0 aromatic heterocycles. The first-order chi connectivity index (χ1) is 7.00. The van der Waals surface area contributed by atoms with Crippen LogP contribution in [0.4, 0.5) is 0 Å². The Bertz CT molecular complexity index is 341. The molecule has 0 unspecified atom stereocenters. The molecule has 1 aromatic carbocycles. The van der Waals surface area contributed by atoms with Crippen molar-refractivity contribution >= 4 is 5.97 Å². The molecule has 2 atom stereocenters. The molecule has 0 fully saturated rings. The van der Waals surface area contributed by atoms with E-state index in [4.69, 9.17) is 8.48 Å². The maximum atomic E-state index is 11.2. The summed E-state index contributed by atoms with van der Waals surface area (Å²) < 4.78 is 19.7. The minimum Gasteiger partial charge on any atom is -0.468 e. The second kappa shape index (κ2) is 4.62. The molecule has 0 amide bonds. The molecule has 3 heteroatoms. The third kappa shape index (κ3) is 2.87. The molecule has 70 valence electrons. The summed E-state index contributed by atoms with van der Waals surface area (Å²) in [5.41, 5.74) is 5.97. The fourth-order valence-electron chi connectivity index (χ4n) is 0.906. The van der Waals surface area contributed by atoms with Crippen molar-refractivity contribution in [2.45, 2.75) is 12.4 Å². The Morgan fingerprint density at radius 3 is 2.85 bits per heavy atom. The topological polar surface area (TPSA) is 52.3 Å². The van der Waals surface area contributed by atoms with E-state index in [1.807, 2.05) is 0 Å². The molecule has 0 aliphatic rings. The van der Waals surface area contributed by atoms with E-state index in [1.165, 1.54) is 0 Å². The van der Waals surface area contributed by atoms with Crippen molar-refractivity contribution in [3.05, 3.63) is 35.9 Å². The number of rotatable bonds is 3.